The van der Waals surface area contributed by atoms with Crippen molar-refractivity contribution in [2.24, 2.45) is 11.8 Å². The zero-order chi connectivity index (χ0) is 40.9. The molecule has 6 N–H and O–H groups in total. The summed E-state index contributed by atoms with van der Waals surface area (Å²) in [5.74, 6) is -2.32. The SMILES string of the molecule is Cc1cc(C(=O)N[C@H]2CC[C@H](N(C)C)CC2)ccc1-c1ccc(C[C@H](NC(=O)C2CCC(CNC(=O)O)CC2)C(=O)Nc2ccc3[nH]c(C(F)(F)F)nc3c2)cc1. The average Bonchev–Trinajstić information content (AvgIpc) is 3.62. The third-order valence-corrected chi connectivity index (χ3v) is 11.4. The molecule has 6 rings (SSSR count). The Morgan fingerprint density at radius 3 is 2.25 bits per heavy atom. The van der Waals surface area contributed by atoms with Gasteiger partial charge in [-0.25, -0.2) is 9.78 Å². The summed E-state index contributed by atoms with van der Waals surface area (Å²) in [4.78, 5) is 59.5. The maximum absolute atomic E-state index is 13.8. The lowest BCUT2D eigenvalue weighted by Crippen LogP contribution is -2.48. The van der Waals surface area contributed by atoms with Crippen LogP contribution in [-0.4, -0.2) is 82.6 Å². The number of hydrogen-bond acceptors (Lipinski definition) is 6. The number of fused-ring (bicyclic) bond motifs is 1. The van der Waals surface area contributed by atoms with Crippen LogP contribution in [0.25, 0.3) is 22.2 Å². The molecule has 0 unspecified atom stereocenters. The van der Waals surface area contributed by atoms with Gasteiger partial charge in [-0.05, 0) is 131 Å². The summed E-state index contributed by atoms with van der Waals surface area (Å²) in [5.41, 5.74) is 4.56. The molecule has 0 bridgehead atoms. The number of anilines is 1. The zero-order valence-corrected chi connectivity index (χ0v) is 32.3. The van der Waals surface area contributed by atoms with Crippen molar-refractivity contribution < 1.29 is 37.5 Å². The van der Waals surface area contributed by atoms with Crippen LogP contribution in [0.3, 0.4) is 0 Å². The lowest BCUT2D eigenvalue weighted by atomic mass is 9.81. The van der Waals surface area contributed by atoms with Crippen LogP contribution in [-0.2, 0) is 22.2 Å². The molecule has 2 aliphatic rings. The molecule has 12 nitrogen and oxygen atoms in total. The fourth-order valence-electron chi connectivity index (χ4n) is 8.00. The first-order valence-electron chi connectivity index (χ1n) is 19.4. The van der Waals surface area contributed by atoms with Gasteiger partial charge in [0, 0.05) is 42.2 Å². The van der Waals surface area contributed by atoms with Crippen LogP contribution in [0.1, 0.15) is 78.7 Å². The molecule has 15 heteroatoms. The van der Waals surface area contributed by atoms with E-state index in [2.05, 4.69) is 50.2 Å². The Morgan fingerprint density at radius 2 is 1.61 bits per heavy atom. The van der Waals surface area contributed by atoms with Gasteiger partial charge in [-0.3, -0.25) is 14.4 Å². The number of amides is 4. The van der Waals surface area contributed by atoms with E-state index >= 15 is 0 Å². The first kappa shape index (κ1) is 41.2. The van der Waals surface area contributed by atoms with Crippen molar-refractivity contribution in [2.75, 3.05) is 26.0 Å². The van der Waals surface area contributed by atoms with Crippen LogP contribution in [0, 0.1) is 18.8 Å². The summed E-state index contributed by atoms with van der Waals surface area (Å²) in [6, 6.07) is 17.1. The number of alkyl halides is 3. The standard InChI is InChI=1S/C42H50F3N7O5/c1-24-20-29(38(54)47-30-13-16-32(17-14-30)52(2)3)12-18-33(24)27-8-4-25(5-9-27)21-36(49-37(53)28-10-6-26(7-11-28)23-46-41(56)57)39(55)48-31-15-19-34-35(22-31)51-40(50-34)42(43,44)45/h4-5,8-9,12,15,18-20,22,26,28,30,32,36,46H,6-7,10-11,13-14,16-17,21,23H2,1-3H3,(H,47,54)(H,48,55)(H,49,53)(H,50,51)(H,56,57)/t26?,28?,30-,32-,36-/m0/s1. The van der Waals surface area contributed by atoms with Gasteiger partial charge in [0.1, 0.15) is 6.04 Å². The van der Waals surface area contributed by atoms with Gasteiger partial charge in [0.25, 0.3) is 5.91 Å². The molecule has 57 heavy (non-hydrogen) atoms. The average molecular weight is 790 g/mol. The lowest BCUT2D eigenvalue weighted by molar-refractivity contribution is -0.144. The minimum absolute atomic E-state index is 0.0249. The van der Waals surface area contributed by atoms with E-state index in [1.807, 2.05) is 49.4 Å². The smallest absolute Gasteiger partial charge is 0.449 e. The topological polar surface area (TPSA) is 169 Å². The summed E-state index contributed by atoms with van der Waals surface area (Å²) in [7, 11) is 4.18. The maximum atomic E-state index is 13.8. The van der Waals surface area contributed by atoms with Gasteiger partial charge in [-0.2, -0.15) is 13.2 Å². The van der Waals surface area contributed by atoms with E-state index in [0.29, 0.717) is 43.8 Å². The summed E-state index contributed by atoms with van der Waals surface area (Å²) in [6.45, 7) is 2.27. The van der Waals surface area contributed by atoms with Crippen molar-refractivity contribution in [1.29, 1.82) is 0 Å². The normalized spacial score (nSPS) is 20.5. The molecule has 1 atom stereocenters. The van der Waals surface area contributed by atoms with E-state index in [-0.39, 0.29) is 52.8 Å². The fraction of sp³-hybridized carbons (Fsp3) is 0.452. The van der Waals surface area contributed by atoms with E-state index in [1.165, 1.54) is 18.2 Å². The van der Waals surface area contributed by atoms with E-state index < -0.39 is 30.0 Å². The van der Waals surface area contributed by atoms with Crippen molar-refractivity contribution in [2.45, 2.75) is 89.0 Å². The number of carboxylic acid groups (broad SMARTS) is 1. The molecule has 2 saturated carbocycles. The van der Waals surface area contributed by atoms with Crippen LogP contribution in [0.2, 0.25) is 0 Å². The van der Waals surface area contributed by atoms with E-state index in [9.17, 15) is 32.3 Å². The molecule has 0 spiro atoms. The van der Waals surface area contributed by atoms with E-state index in [1.54, 1.807) is 0 Å². The summed E-state index contributed by atoms with van der Waals surface area (Å²) >= 11 is 0. The van der Waals surface area contributed by atoms with Gasteiger partial charge in [0.2, 0.25) is 17.6 Å². The molecule has 304 valence electrons. The molecule has 2 fully saturated rings. The second-order valence-electron chi connectivity index (χ2n) is 15.6. The van der Waals surface area contributed by atoms with Crippen molar-refractivity contribution in [1.82, 2.24) is 30.8 Å². The highest BCUT2D eigenvalue weighted by Gasteiger charge is 2.35. The molecule has 3 aromatic carbocycles. The summed E-state index contributed by atoms with van der Waals surface area (Å²) < 4.78 is 39.8. The second kappa shape index (κ2) is 17.8. The molecule has 4 aromatic rings. The number of aromatic amines is 1. The predicted octanol–water partition coefficient (Wildman–Crippen LogP) is 6.90. The Bertz CT molecular complexity index is 2070. The molecular weight excluding hydrogens is 740 g/mol. The Morgan fingerprint density at radius 1 is 0.912 bits per heavy atom. The van der Waals surface area contributed by atoms with Crippen molar-refractivity contribution >= 4 is 40.5 Å². The van der Waals surface area contributed by atoms with Gasteiger partial charge < -0.3 is 36.3 Å². The van der Waals surface area contributed by atoms with Crippen LogP contribution in [0.5, 0.6) is 0 Å². The van der Waals surface area contributed by atoms with Gasteiger partial charge >= 0.3 is 12.3 Å². The van der Waals surface area contributed by atoms with Gasteiger partial charge in [0.15, 0.2) is 0 Å². The van der Waals surface area contributed by atoms with Crippen molar-refractivity contribution in [3.8, 4) is 11.1 Å². The first-order valence-corrected chi connectivity index (χ1v) is 19.4. The second-order valence-corrected chi connectivity index (χ2v) is 15.6. The molecule has 0 aliphatic heterocycles. The number of aryl methyl sites for hydroxylation is 1. The highest BCUT2D eigenvalue weighted by Crippen LogP contribution is 2.31. The third-order valence-electron chi connectivity index (χ3n) is 11.4. The highest BCUT2D eigenvalue weighted by molar-refractivity contribution is 5.99. The quantitative estimate of drug-likeness (QED) is 0.0908. The maximum Gasteiger partial charge on any atom is 0.449 e. The van der Waals surface area contributed by atoms with Gasteiger partial charge in [-0.1, -0.05) is 30.3 Å². The fourth-order valence-corrected chi connectivity index (χ4v) is 8.00. The van der Waals surface area contributed by atoms with Gasteiger partial charge in [0.05, 0.1) is 11.0 Å². The monoisotopic (exact) mass is 789 g/mol. The molecule has 2 aliphatic carbocycles. The van der Waals surface area contributed by atoms with Crippen molar-refractivity contribution in [3.05, 3.63) is 83.2 Å². The zero-order valence-electron chi connectivity index (χ0n) is 32.3. The molecule has 4 amide bonds. The van der Waals surface area contributed by atoms with Crippen LogP contribution in [0.4, 0.5) is 23.7 Å². The number of nitrogens with zero attached hydrogens (tertiary/aromatic N) is 2. The van der Waals surface area contributed by atoms with Crippen LogP contribution < -0.4 is 21.3 Å². The van der Waals surface area contributed by atoms with E-state index in [0.717, 1.165) is 47.9 Å². The molecule has 1 heterocycles. The number of nitrogens with one attached hydrogen (secondary N) is 5. The van der Waals surface area contributed by atoms with Crippen molar-refractivity contribution in [3.63, 3.8) is 0 Å². The Kier molecular flexibility index (Phi) is 12.9. The number of aromatic nitrogens is 2. The van der Waals surface area contributed by atoms with Gasteiger partial charge in [-0.15, -0.1) is 0 Å². The number of imidazole rings is 1. The highest BCUT2D eigenvalue weighted by atomic mass is 19.4. The summed E-state index contributed by atoms with van der Waals surface area (Å²) in [5, 5.41) is 20.2. The van der Waals surface area contributed by atoms with E-state index in [4.69, 9.17) is 5.11 Å². The van der Waals surface area contributed by atoms with Crippen LogP contribution in [0.15, 0.2) is 60.7 Å². The number of H-pyrrole nitrogens is 1. The Hall–Kier alpha value is -5.44. The lowest BCUT2D eigenvalue weighted by Gasteiger charge is -2.33. The third kappa shape index (κ3) is 10.7. The largest absolute Gasteiger partial charge is 0.465 e. The summed E-state index contributed by atoms with van der Waals surface area (Å²) in [6.07, 6.45) is 0.770. The first-order chi connectivity index (χ1) is 27.1. The predicted molar refractivity (Wildman–Crippen MR) is 211 cm³/mol. The minimum atomic E-state index is -4.66. The van der Waals surface area contributed by atoms with Crippen LogP contribution >= 0.6 is 0 Å². The molecule has 0 radical (unpaired) electrons. The Balaban J connectivity index is 1.13. The number of hydrogen-bond donors (Lipinski definition) is 6. The number of carbonyl (C=O) groups excluding carboxylic acids is 3. The number of halogens is 3. The molecule has 1 aromatic heterocycles. The number of benzene rings is 3. The Labute approximate surface area is 329 Å². The minimum Gasteiger partial charge on any atom is -0.465 e. The molecular formula is C42H50F3N7O5. The number of carbonyl (C=O) groups is 4. The number of rotatable bonds is 12. The molecule has 0 saturated heterocycles.